The topological polar surface area (TPSA) is 32.6 Å². The van der Waals surface area contributed by atoms with Gasteiger partial charge in [0.05, 0.1) is 10.0 Å². The SMILES string of the molecule is O/N=C(/CSC1CCCCC1)c1cc(Cl)sc1Cl. The van der Waals surface area contributed by atoms with Gasteiger partial charge in [0, 0.05) is 16.6 Å². The van der Waals surface area contributed by atoms with Gasteiger partial charge in [-0.1, -0.05) is 47.6 Å². The Morgan fingerprint density at radius 2 is 2.11 bits per heavy atom. The largest absolute Gasteiger partial charge is 0.411 e. The third-order valence-corrected chi connectivity index (χ3v) is 5.97. The van der Waals surface area contributed by atoms with E-state index in [2.05, 4.69) is 5.16 Å². The maximum atomic E-state index is 9.12. The zero-order valence-electron chi connectivity index (χ0n) is 9.86. The molecule has 0 atom stereocenters. The van der Waals surface area contributed by atoms with Crippen LogP contribution in [0.4, 0.5) is 0 Å². The van der Waals surface area contributed by atoms with Crippen molar-refractivity contribution in [3.05, 3.63) is 20.3 Å². The third kappa shape index (κ3) is 3.80. The summed E-state index contributed by atoms with van der Waals surface area (Å²) in [4.78, 5) is 0. The quantitative estimate of drug-likeness (QED) is 0.463. The van der Waals surface area contributed by atoms with Crippen LogP contribution >= 0.6 is 46.3 Å². The van der Waals surface area contributed by atoms with E-state index in [0.717, 1.165) is 5.56 Å². The molecule has 1 aromatic rings. The molecule has 1 heterocycles. The molecule has 1 fully saturated rings. The molecule has 1 aliphatic carbocycles. The van der Waals surface area contributed by atoms with Crippen molar-refractivity contribution in [1.82, 2.24) is 0 Å². The summed E-state index contributed by atoms with van der Waals surface area (Å²) in [7, 11) is 0. The van der Waals surface area contributed by atoms with Crippen molar-refractivity contribution >= 4 is 52.0 Å². The van der Waals surface area contributed by atoms with Crippen molar-refractivity contribution in [3.63, 3.8) is 0 Å². The molecular weight excluding hydrogens is 309 g/mol. The van der Waals surface area contributed by atoms with Crippen LogP contribution in [0.5, 0.6) is 0 Å². The smallest absolute Gasteiger partial charge is 0.104 e. The molecule has 2 nitrogen and oxygen atoms in total. The van der Waals surface area contributed by atoms with Gasteiger partial charge in [-0.2, -0.15) is 11.8 Å². The van der Waals surface area contributed by atoms with Gasteiger partial charge in [0.1, 0.15) is 4.34 Å². The third-order valence-electron chi connectivity index (χ3n) is 3.10. The molecule has 6 heteroatoms. The summed E-state index contributed by atoms with van der Waals surface area (Å²) >= 11 is 15.1. The molecule has 1 N–H and O–H groups in total. The molecule has 2 rings (SSSR count). The molecule has 1 saturated carbocycles. The van der Waals surface area contributed by atoms with Gasteiger partial charge < -0.3 is 5.21 Å². The van der Waals surface area contributed by atoms with Gasteiger partial charge in [-0.05, 0) is 18.9 Å². The summed E-state index contributed by atoms with van der Waals surface area (Å²) in [5, 5.41) is 13.2. The van der Waals surface area contributed by atoms with Crippen LogP contribution in [0.3, 0.4) is 0 Å². The standard InChI is InChI=1S/C12H15Cl2NOS2/c13-11-6-9(12(14)18-11)10(15-16)7-17-8-4-2-1-3-5-8/h6,8,16H,1-5,7H2/b15-10-. The fourth-order valence-electron chi connectivity index (χ4n) is 2.13. The van der Waals surface area contributed by atoms with E-state index in [-0.39, 0.29) is 0 Å². The molecule has 0 spiro atoms. The number of hydrogen-bond acceptors (Lipinski definition) is 4. The van der Waals surface area contributed by atoms with Crippen LogP contribution in [0.1, 0.15) is 37.7 Å². The van der Waals surface area contributed by atoms with Crippen LogP contribution in [-0.4, -0.2) is 21.9 Å². The Morgan fingerprint density at radius 3 is 2.67 bits per heavy atom. The van der Waals surface area contributed by atoms with Crippen LogP contribution in [-0.2, 0) is 0 Å². The molecule has 0 aliphatic heterocycles. The Kier molecular flexibility index (Phi) is 5.67. The summed E-state index contributed by atoms with van der Waals surface area (Å²) in [6.07, 6.45) is 6.51. The first-order valence-electron chi connectivity index (χ1n) is 5.98. The maximum absolute atomic E-state index is 9.12. The summed E-state index contributed by atoms with van der Waals surface area (Å²) in [5.74, 6) is 0.688. The maximum Gasteiger partial charge on any atom is 0.104 e. The summed E-state index contributed by atoms with van der Waals surface area (Å²) in [6, 6.07) is 1.77. The highest BCUT2D eigenvalue weighted by Gasteiger charge is 2.18. The van der Waals surface area contributed by atoms with Crippen molar-refractivity contribution < 1.29 is 5.21 Å². The molecule has 0 saturated heterocycles. The Morgan fingerprint density at radius 1 is 1.39 bits per heavy atom. The summed E-state index contributed by atoms with van der Waals surface area (Å²) < 4.78 is 1.22. The molecule has 18 heavy (non-hydrogen) atoms. The highest BCUT2D eigenvalue weighted by molar-refractivity contribution is 8.00. The molecule has 0 bridgehead atoms. The molecular formula is C12H15Cl2NOS2. The molecule has 100 valence electrons. The van der Waals surface area contributed by atoms with E-state index in [1.165, 1.54) is 43.4 Å². The van der Waals surface area contributed by atoms with Crippen LogP contribution in [0.2, 0.25) is 8.67 Å². The lowest BCUT2D eigenvalue weighted by atomic mass is 10.0. The highest BCUT2D eigenvalue weighted by Crippen LogP contribution is 2.34. The van der Waals surface area contributed by atoms with Gasteiger partial charge in [-0.15, -0.1) is 11.3 Å². The lowest BCUT2D eigenvalue weighted by Crippen LogP contribution is -2.12. The van der Waals surface area contributed by atoms with E-state index < -0.39 is 0 Å². The molecule has 0 amide bonds. The number of oxime groups is 1. The molecule has 0 aromatic carbocycles. The van der Waals surface area contributed by atoms with Crippen molar-refractivity contribution in [2.75, 3.05) is 5.75 Å². The Labute approximate surface area is 125 Å². The van der Waals surface area contributed by atoms with Crippen LogP contribution in [0.15, 0.2) is 11.2 Å². The van der Waals surface area contributed by atoms with Gasteiger partial charge >= 0.3 is 0 Å². The van der Waals surface area contributed by atoms with Crippen molar-refractivity contribution in [2.24, 2.45) is 5.16 Å². The molecule has 1 aromatic heterocycles. The average molecular weight is 324 g/mol. The van der Waals surface area contributed by atoms with E-state index >= 15 is 0 Å². The summed E-state index contributed by atoms with van der Waals surface area (Å²) in [5.41, 5.74) is 1.39. The van der Waals surface area contributed by atoms with Gasteiger partial charge in [0.15, 0.2) is 0 Å². The molecule has 0 unspecified atom stereocenters. The normalized spacial score (nSPS) is 18.2. The van der Waals surface area contributed by atoms with Crippen LogP contribution in [0.25, 0.3) is 0 Å². The van der Waals surface area contributed by atoms with Crippen molar-refractivity contribution in [1.29, 1.82) is 0 Å². The zero-order chi connectivity index (χ0) is 13.0. The fourth-order valence-corrected chi connectivity index (χ4v) is 4.91. The average Bonchev–Trinajstić information content (AvgIpc) is 2.71. The second-order valence-electron chi connectivity index (χ2n) is 4.36. The van der Waals surface area contributed by atoms with E-state index in [9.17, 15) is 0 Å². The minimum atomic E-state index is 0.594. The monoisotopic (exact) mass is 323 g/mol. The lowest BCUT2D eigenvalue weighted by molar-refractivity contribution is 0.319. The minimum absolute atomic E-state index is 0.594. The van der Waals surface area contributed by atoms with E-state index in [0.29, 0.717) is 25.4 Å². The Hall–Kier alpha value is 0.1000. The van der Waals surface area contributed by atoms with Gasteiger partial charge in [-0.3, -0.25) is 0 Å². The number of nitrogens with zero attached hydrogens (tertiary/aromatic N) is 1. The first-order chi connectivity index (χ1) is 8.70. The minimum Gasteiger partial charge on any atom is -0.411 e. The van der Waals surface area contributed by atoms with Crippen molar-refractivity contribution in [2.45, 2.75) is 37.4 Å². The predicted molar refractivity (Wildman–Crippen MR) is 82.0 cm³/mol. The fraction of sp³-hybridized carbons (Fsp3) is 0.583. The van der Waals surface area contributed by atoms with E-state index in [1.807, 2.05) is 11.8 Å². The van der Waals surface area contributed by atoms with Crippen molar-refractivity contribution in [3.8, 4) is 0 Å². The predicted octanol–water partition coefficient (Wildman–Crippen LogP) is 5.30. The first-order valence-corrected chi connectivity index (χ1v) is 8.60. The van der Waals surface area contributed by atoms with Gasteiger partial charge in [0.25, 0.3) is 0 Å². The number of halogens is 2. The lowest BCUT2D eigenvalue weighted by Gasteiger charge is -2.20. The zero-order valence-corrected chi connectivity index (χ0v) is 13.0. The Balaban J connectivity index is 1.95. The van der Waals surface area contributed by atoms with E-state index in [1.54, 1.807) is 6.07 Å². The number of thioether (sulfide) groups is 1. The molecule has 0 radical (unpaired) electrons. The number of thiophene rings is 1. The van der Waals surface area contributed by atoms with Crippen LogP contribution in [0, 0.1) is 0 Å². The number of hydrogen-bond donors (Lipinski definition) is 1. The Bertz CT molecular complexity index is 428. The van der Waals surface area contributed by atoms with Gasteiger partial charge in [-0.25, -0.2) is 0 Å². The van der Waals surface area contributed by atoms with Crippen LogP contribution < -0.4 is 0 Å². The van der Waals surface area contributed by atoms with E-state index in [4.69, 9.17) is 28.4 Å². The summed E-state index contributed by atoms with van der Waals surface area (Å²) in [6.45, 7) is 0. The second-order valence-corrected chi connectivity index (χ2v) is 7.93. The van der Waals surface area contributed by atoms with Gasteiger partial charge in [0.2, 0.25) is 0 Å². The molecule has 1 aliphatic rings. The highest BCUT2D eigenvalue weighted by atomic mass is 35.5. The first kappa shape index (κ1) is 14.5. The number of rotatable bonds is 4. The second kappa shape index (κ2) is 7.04.